The average molecular weight is 633 g/mol. The van der Waals surface area contributed by atoms with Crippen molar-refractivity contribution in [3.63, 3.8) is 0 Å². The number of amides is 1. The van der Waals surface area contributed by atoms with Crippen molar-refractivity contribution in [3.05, 3.63) is 46.0 Å². The van der Waals surface area contributed by atoms with Gasteiger partial charge in [0.1, 0.15) is 11.8 Å². The van der Waals surface area contributed by atoms with Gasteiger partial charge in [0.25, 0.3) is 5.69 Å². The number of nitrogens with one attached hydrogen (secondary N) is 1. The number of nitrogens with zero attached hydrogens (tertiary/aromatic N) is 1. The predicted octanol–water partition coefficient (Wildman–Crippen LogP) is 8.45. The van der Waals surface area contributed by atoms with E-state index in [1.165, 1.54) is 18.6 Å². The maximum absolute atomic E-state index is 14.7. The molecule has 250 valence electrons. The standard InChI is InChI=1S/C38H52N2O6/c1-23(41)46-30-14-15-36(6)29(33(30,2)3)13-16-38(8)31(36)28(42)21-24-25-22-35(5,18-17-34(25,4)19-20-37(24,38)7)32(43)39-26-11-9-10-12-27(26)40(44)45/h9-12,21,25,29-31H,13-20,22H2,1-8H3,(H,39,43)/t25-,29+,30+,31+,34-,35+,36+,37+,38+/m0/s1. The monoisotopic (exact) mass is 632 g/mol. The highest BCUT2D eigenvalue weighted by molar-refractivity contribution is 5.98. The van der Waals surface area contributed by atoms with Gasteiger partial charge in [-0.2, -0.15) is 0 Å². The van der Waals surface area contributed by atoms with E-state index in [-0.39, 0.29) is 80.0 Å². The SMILES string of the molecule is CC(=O)O[C@@H]1CC[C@]2(C)[C@H](CC[C@]3(C)[C@@H]2C(=O)C=C2[C@@H]4C[C@](C)(C(=O)Nc5ccccc5[N+](=O)[O-])CC[C@@]4(C)CC[C@]23C)C1(C)C. The number of hydrogen-bond acceptors (Lipinski definition) is 6. The van der Waals surface area contributed by atoms with Gasteiger partial charge in [0.05, 0.1) is 4.92 Å². The lowest BCUT2D eigenvalue weighted by Gasteiger charge is -2.70. The summed E-state index contributed by atoms with van der Waals surface area (Å²) in [4.78, 5) is 51.8. The Morgan fingerprint density at radius 2 is 1.61 bits per heavy atom. The minimum Gasteiger partial charge on any atom is -0.462 e. The first-order valence-electron chi connectivity index (χ1n) is 17.3. The molecule has 0 aromatic heterocycles. The zero-order chi connectivity index (χ0) is 33.7. The van der Waals surface area contributed by atoms with Gasteiger partial charge < -0.3 is 10.1 Å². The Bertz CT molecular complexity index is 1530. The molecule has 9 atom stereocenters. The zero-order valence-electron chi connectivity index (χ0n) is 29.0. The molecule has 8 nitrogen and oxygen atoms in total. The molecule has 1 amide bonds. The molecule has 0 unspecified atom stereocenters. The molecule has 46 heavy (non-hydrogen) atoms. The number of carbonyl (C=O) groups is 3. The molecule has 0 spiro atoms. The number of rotatable bonds is 4. The predicted molar refractivity (Wildman–Crippen MR) is 177 cm³/mol. The van der Waals surface area contributed by atoms with E-state index < -0.39 is 10.3 Å². The number of carbonyl (C=O) groups excluding carboxylic acids is 3. The third-order valence-electron chi connectivity index (χ3n) is 14.7. The first-order chi connectivity index (χ1) is 21.3. The summed E-state index contributed by atoms with van der Waals surface area (Å²) in [6, 6.07) is 6.30. The molecule has 1 aromatic rings. The van der Waals surface area contributed by atoms with Crippen LogP contribution in [0.4, 0.5) is 11.4 Å². The molecule has 1 aromatic carbocycles. The summed E-state index contributed by atoms with van der Waals surface area (Å²) < 4.78 is 5.86. The average Bonchev–Trinajstić information content (AvgIpc) is 2.96. The smallest absolute Gasteiger partial charge is 0.302 e. The molecule has 0 radical (unpaired) electrons. The van der Waals surface area contributed by atoms with Crippen LogP contribution in [0.2, 0.25) is 0 Å². The number of ketones is 1. The Balaban J connectivity index is 1.35. The van der Waals surface area contributed by atoms with Gasteiger partial charge in [0.2, 0.25) is 5.91 Å². The van der Waals surface area contributed by atoms with Crippen molar-refractivity contribution in [2.24, 2.45) is 50.2 Å². The van der Waals surface area contributed by atoms with Crippen LogP contribution < -0.4 is 5.32 Å². The number of fused-ring (bicyclic) bond motifs is 7. The van der Waals surface area contributed by atoms with Crippen LogP contribution in [0.25, 0.3) is 0 Å². The highest BCUT2D eigenvalue weighted by Gasteiger charge is 2.70. The summed E-state index contributed by atoms with van der Waals surface area (Å²) in [5, 5.41) is 14.6. The molecular weight excluding hydrogens is 580 g/mol. The van der Waals surface area contributed by atoms with Gasteiger partial charge in [0.15, 0.2) is 5.78 Å². The summed E-state index contributed by atoms with van der Waals surface area (Å²) in [6.07, 6.45) is 9.65. The van der Waals surface area contributed by atoms with Gasteiger partial charge in [-0.05, 0) is 103 Å². The second-order valence-corrected chi connectivity index (χ2v) is 17.4. The molecule has 4 saturated carbocycles. The Kier molecular flexibility index (Phi) is 7.50. The second kappa shape index (κ2) is 10.5. The minimum atomic E-state index is -0.726. The van der Waals surface area contributed by atoms with Gasteiger partial charge in [-0.1, -0.05) is 66.2 Å². The second-order valence-electron chi connectivity index (χ2n) is 17.4. The van der Waals surface area contributed by atoms with E-state index >= 15 is 0 Å². The third-order valence-corrected chi connectivity index (χ3v) is 14.7. The van der Waals surface area contributed by atoms with E-state index in [1.54, 1.807) is 18.2 Å². The summed E-state index contributed by atoms with van der Waals surface area (Å²) in [5.41, 5.74) is -0.263. The molecule has 8 heteroatoms. The first kappa shape index (κ1) is 32.9. The van der Waals surface area contributed by atoms with Crippen LogP contribution in [-0.2, 0) is 19.1 Å². The lowest BCUT2D eigenvalue weighted by Crippen LogP contribution is -2.66. The minimum absolute atomic E-state index is 0.0153. The molecule has 0 bridgehead atoms. The Morgan fingerprint density at radius 1 is 0.935 bits per heavy atom. The van der Waals surface area contributed by atoms with E-state index in [4.69, 9.17) is 4.74 Å². The number of nitro benzene ring substituents is 1. The Morgan fingerprint density at radius 3 is 2.28 bits per heavy atom. The maximum atomic E-state index is 14.7. The fourth-order valence-corrected chi connectivity index (χ4v) is 11.8. The van der Waals surface area contributed by atoms with Gasteiger partial charge in [-0.15, -0.1) is 0 Å². The molecule has 1 N–H and O–H groups in total. The van der Waals surface area contributed by atoms with Gasteiger partial charge in [-0.25, -0.2) is 0 Å². The van der Waals surface area contributed by atoms with Crippen molar-refractivity contribution in [1.82, 2.24) is 0 Å². The van der Waals surface area contributed by atoms with Crippen molar-refractivity contribution >= 4 is 29.0 Å². The highest BCUT2D eigenvalue weighted by atomic mass is 16.6. The summed E-state index contributed by atoms with van der Waals surface area (Å²) in [5.74, 6) is 0.0107. The molecule has 0 aliphatic heterocycles. The molecule has 0 heterocycles. The van der Waals surface area contributed by atoms with Gasteiger partial charge >= 0.3 is 5.97 Å². The van der Waals surface area contributed by atoms with E-state index in [0.29, 0.717) is 12.8 Å². The first-order valence-corrected chi connectivity index (χ1v) is 17.3. The lowest BCUT2D eigenvalue weighted by molar-refractivity contribution is -0.383. The number of anilines is 1. The Hall–Kier alpha value is -3.03. The van der Waals surface area contributed by atoms with E-state index in [9.17, 15) is 24.5 Å². The summed E-state index contributed by atoms with van der Waals surface area (Å²) in [7, 11) is 0. The van der Waals surface area contributed by atoms with Crippen LogP contribution >= 0.6 is 0 Å². The number of benzene rings is 1. The van der Waals surface area contributed by atoms with Crippen LogP contribution in [0.5, 0.6) is 0 Å². The molecule has 6 rings (SSSR count). The van der Waals surface area contributed by atoms with Crippen LogP contribution in [0.3, 0.4) is 0 Å². The topological polar surface area (TPSA) is 116 Å². The van der Waals surface area contributed by atoms with Crippen molar-refractivity contribution < 1.29 is 24.0 Å². The fraction of sp³-hybridized carbons (Fsp3) is 0.711. The number of esters is 1. The van der Waals surface area contributed by atoms with Crippen LogP contribution in [0.1, 0.15) is 113 Å². The van der Waals surface area contributed by atoms with Crippen LogP contribution in [0, 0.1) is 60.4 Å². The van der Waals surface area contributed by atoms with E-state index in [1.807, 2.05) is 13.0 Å². The number of allylic oxidation sites excluding steroid dienone is 2. The number of para-hydroxylation sites is 2. The van der Waals surface area contributed by atoms with Crippen LogP contribution in [0.15, 0.2) is 35.9 Å². The van der Waals surface area contributed by atoms with Gasteiger partial charge in [-0.3, -0.25) is 24.5 Å². The van der Waals surface area contributed by atoms with E-state index in [2.05, 4.69) is 46.9 Å². The lowest BCUT2D eigenvalue weighted by atomic mass is 9.33. The molecule has 0 saturated heterocycles. The van der Waals surface area contributed by atoms with E-state index in [0.717, 1.165) is 44.9 Å². The summed E-state index contributed by atoms with van der Waals surface area (Å²) >= 11 is 0. The number of nitro groups is 1. The summed E-state index contributed by atoms with van der Waals surface area (Å²) in [6.45, 7) is 17.4. The zero-order valence-corrected chi connectivity index (χ0v) is 29.0. The molecule has 5 aliphatic rings. The quantitative estimate of drug-likeness (QED) is 0.202. The maximum Gasteiger partial charge on any atom is 0.302 e. The van der Waals surface area contributed by atoms with Crippen molar-refractivity contribution in [1.29, 1.82) is 0 Å². The fourth-order valence-electron chi connectivity index (χ4n) is 11.8. The Labute approximate surface area is 273 Å². The normalized spacial score (nSPS) is 42.7. The largest absolute Gasteiger partial charge is 0.462 e. The number of ether oxygens (including phenoxy) is 1. The van der Waals surface area contributed by atoms with Crippen molar-refractivity contribution in [3.8, 4) is 0 Å². The van der Waals surface area contributed by atoms with Gasteiger partial charge in [0, 0.05) is 29.7 Å². The molecule has 4 fully saturated rings. The highest BCUT2D eigenvalue weighted by Crippen LogP contribution is 2.75. The van der Waals surface area contributed by atoms with Crippen molar-refractivity contribution in [2.45, 2.75) is 119 Å². The molecule has 5 aliphatic carbocycles. The third kappa shape index (κ3) is 4.55. The van der Waals surface area contributed by atoms with Crippen molar-refractivity contribution in [2.75, 3.05) is 5.32 Å². The molecular formula is C38H52N2O6. The number of hydrogen-bond donors (Lipinski definition) is 1. The van der Waals surface area contributed by atoms with Crippen LogP contribution in [-0.4, -0.2) is 28.7 Å².